The minimum Gasteiger partial charge on any atom is -0.410 e. The Morgan fingerprint density at radius 2 is 1.59 bits per heavy atom. The van der Waals surface area contributed by atoms with Crippen LogP contribution in [0.5, 0.6) is 5.75 Å². The van der Waals surface area contributed by atoms with Gasteiger partial charge in [-0.2, -0.15) is 0 Å². The Balaban J connectivity index is 1.62. The summed E-state index contributed by atoms with van der Waals surface area (Å²) < 4.78 is 5.55. The highest BCUT2D eigenvalue weighted by Crippen LogP contribution is 2.23. The molecule has 0 aliphatic heterocycles. The van der Waals surface area contributed by atoms with Crippen LogP contribution in [-0.2, 0) is 6.54 Å². The SMILES string of the molecule is C/C=C\C=C(/C)c1cccc(CN(C)C(=O)Oc2ccc(-c3ccc(C(=O)NC)cc3)cc2)c1. The molecule has 5 heteroatoms. The lowest BCUT2D eigenvalue weighted by atomic mass is 10.0. The van der Waals surface area contributed by atoms with E-state index in [-0.39, 0.29) is 5.91 Å². The third-order valence-corrected chi connectivity index (χ3v) is 5.42. The number of nitrogens with one attached hydrogen (secondary N) is 1. The highest BCUT2D eigenvalue weighted by molar-refractivity contribution is 5.94. The molecule has 0 unspecified atom stereocenters. The van der Waals surface area contributed by atoms with Gasteiger partial charge in [0.2, 0.25) is 0 Å². The van der Waals surface area contributed by atoms with Crippen molar-refractivity contribution >= 4 is 17.6 Å². The maximum Gasteiger partial charge on any atom is 0.415 e. The molecule has 0 radical (unpaired) electrons. The summed E-state index contributed by atoms with van der Waals surface area (Å²) >= 11 is 0. The highest BCUT2D eigenvalue weighted by atomic mass is 16.6. The fraction of sp³-hybridized carbons (Fsp3) is 0.172. The van der Waals surface area contributed by atoms with Gasteiger partial charge in [0.1, 0.15) is 5.75 Å². The lowest BCUT2D eigenvalue weighted by Gasteiger charge is -2.17. The van der Waals surface area contributed by atoms with E-state index in [0.29, 0.717) is 17.9 Å². The maximum atomic E-state index is 12.6. The summed E-state index contributed by atoms with van der Waals surface area (Å²) in [5, 5.41) is 2.61. The molecule has 0 spiro atoms. The van der Waals surface area contributed by atoms with Gasteiger partial charge in [-0.3, -0.25) is 4.79 Å². The van der Waals surface area contributed by atoms with E-state index in [1.165, 1.54) is 0 Å². The van der Waals surface area contributed by atoms with Gasteiger partial charge < -0.3 is 15.0 Å². The van der Waals surface area contributed by atoms with Gasteiger partial charge in [0.05, 0.1) is 0 Å². The van der Waals surface area contributed by atoms with Crippen molar-refractivity contribution in [3.8, 4) is 16.9 Å². The van der Waals surface area contributed by atoms with Crippen LogP contribution >= 0.6 is 0 Å². The largest absolute Gasteiger partial charge is 0.415 e. The number of allylic oxidation sites excluding steroid dienone is 4. The van der Waals surface area contributed by atoms with Crippen molar-refractivity contribution in [2.24, 2.45) is 0 Å². The quantitative estimate of drug-likeness (QED) is 0.425. The van der Waals surface area contributed by atoms with Crippen molar-refractivity contribution in [2.45, 2.75) is 20.4 Å². The average Bonchev–Trinajstić information content (AvgIpc) is 2.87. The first-order valence-corrected chi connectivity index (χ1v) is 11.2. The highest BCUT2D eigenvalue weighted by Gasteiger charge is 2.13. The summed E-state index contributed by atoms with van der Waals surface area (Å²) in [7, 11) is 3.33. The van der Waals surface area contributed by atoms with Crippen molar-refractivity contribution in [3.63, 3.8) is 0 Å². The molecule has 3 aromatic carbocycles. The zero-order chi connectivity index (χ0) is 24.5. The number of hydrogen-bond donors (Lipinski definition) is 1. The third kappa shape index (κ3) is 6.45. The summed E-state index contributed by atoms with van der Waals surface area (Å²) in [6, 6.07) is 22.8. The Morgan fingerprint density at radius 3 is 2.21 bits per heavy atom. The predicted molar refractivity (Wildman–Crippen MR) is 138 cm³/mol. The van der Waals surface area contributed by atoms with Gasteiger partial charge in [-0.25, -0.2) is 4.79 Å². The van der Waals surface area contributed by atoms with Gasteiger partial charge in [-0.15, -0.1) is 0 Å². The molecule has 2 amide bonds. The minimum absolute atomic E-state index is 0.120. The van der Waals surface area contributed by atoms with Crippen LogP contribution in [0, 0.1) is 0 Å². The first kappa shape index (κ1) is 24.5. The first-order chi connectivity index (χ1) is 16.4. The Kier molecular flexibility index (Phi) is 8.41. The smallest absolute Gasteiger partial charge is 0.410 e. The summed E-state index contributed by atoms with van der Waals surface area (Å²) in [6.45, 7) is 4.50. The number of carbonyl (C=O) groups excluding carboxylic acids is 2. The second-order valence-corrected chi connectivity index (χ2v) is 7.98. The molecule has 0 bridgehead atoms. The molecule has 0 fully saturated rings. The second kappa shape index (κ2) is 11.7. The fourth-order valence-corrected chi connectivity index (χ4v) is 3.44. The fourth-order valence-electron chi connectivity index (χ4n) is 3.44. The monoisotopic (exact) mass is 454 g/mol. The summed E-state index contributed by atoms with van der Waals surface area (Å²) in [4.78, 5) is 25.9. The van der Waals surface area contributed by atoms with E-state index in [2.05, 4.69) is 30.4 Å². The zero-order valence-electron chi connectivity index (χ0n) is 20.0. The van der Waals surface area contributed by atoms with Gasteiger partial charge in [0, 0.05) is 26.2 Å². The minimum atomic E-state index is -0.422. The molecular weight excluding hydrogens is 424 g/mol. The van der Waals surface area contributed by atoms with Gasteiger partial charge in [0.25, 0.3) is 5.91 Å². The van der Waals surface area contributed by atoms with Crippen LogP contribution in [0.1, 0.15) is 35.3 Å². The zero-order valence-corrected chi connectivity index (χ0v) is 20.0. The number of hydrogen-bond acceptors (Lipinski definition) is 3. The molecule has 0 aliphatic rings. The third-order valence-electron chi connectivity index (χ3n) is 5.42. The van der Waals surface area contributed by atoms with Gasteiger partial charge in [-0.05, 0) is 72.0 Å². The summed E-state index contributed by atoms with van der Waals surface area (Å²) in [5.41, 5.74) is 5.86. The van der Waals surface area contributed by atoms with Crippen molar-refractivity contribution in [1.82, 2.24) is 10.2 Å². The Morgan fingerprint density at radius 1 is 0.941 bits per heavy atom. The van der Waals surface area contributed by atoms with Crippen LogP contribution in [0.3, 0.4) is 0 Å². The van der Waals surface area contributed by atoms with E-state index in [1.807, 2.05) is 55.5 Å². The van der Waals surface area contributed by atoms with Gasteiger partial charge >= 0.3 is 6.09 Å². The number of carbonyl (C=O) groups is 2. The van der Waals surface area contributed by atoms with Crippen LogP contribution in [0.15, 0.2) is 91.0 Å². The normalized spacial score (nSPS) is 11.4. The molecule has 0 saturated carbocycles. The van der Waals surface area contributed by atoms with Gasteiger partial charge in [0.15, 0.2) is 0 Å². The standard InChI is InChI=1S/C29H30N2O3/c1-5-6-8-21(2)26-10-7-9-22(19-26)20-31(4)29(33)34-27-17-15-24(16-18-27)23-11-13-25(14-12-23)28(32)30-3/h5-19H,20H2,1-4H3,(H,30,32)/b6-5-,21-8+. The molecule has 5 nitrogen and oxygen atoms in total. The van der Waals surface area contributed by atoms with Crippen LogP contribution in [0.25, 0.3) is 16.7 Å². The molecule has 174 valence electrons. The maximum absolute atomic E-state index is 12.6. The molecular formula is C29H30N2O3. The Labute approximate surface area is 201 Å². The summed E-state index contributed by atoms with van der Waals surface area (Å²) in [5.74, 6) is 0.353. The first-order valence-electron chi connectivity index (χ1n) is 11.2. The van der Waals surface area contributed by atoms with Crippen molar-refractivity contribution in [1.29, 1.82) is 0 Å². The topological polar surface area (TPSA) is 58.6 Å². The number of nitrogens with zero attached hydrogens (tertiary/aromatic N) is 1. The lowest BCUT2D eigenvalue weighted by Crippen LogP contribution is -2.29. The molecule has 0 heterocycles. The van der Waals surface area contributed by atoms with E-state index in [0.717, 1.165) is 27.8 Å². The molecule has 0 aromatic heterocycles. The van der Waals surface area contributed by atoms with E-state index in [1.54, 1.807) is 43.3 Å². The van der Waals surface area contributed by atoms with E-state index in [4.69, 9.17) is 4.74 Å². The van der Waals surface area contributed by atoms with Crippen molar-refractivity contribution < 1.29 is 14.3 Å². The summed E-state index contributed by atoms with van der Waals surface area (Å²) in [6.07, 6.45) is 5.65. The lowest BCUT2D eigenvalue weighted by molar-refractivity contribution is 0.0963. The second-order valence-electron chi connectivity index (χ2n) is 7.98. The Bertz CT molecular complexity index is 1190. The molecule has 3 rings (SSSR count). The molecule has 34 heavy (non-hydrogen) atoms. The molecule has 3 aromatic rings. The van der Waals surface area contributed by atoms with Crippen molar-refractivity contribution in [3.05, 3.63) is 108 Å². The van der Waals surface area contributed by atoms with E-state index in [9.17, 15) is 9.59 Å². The molecule has 0 saturated heterocycles. The van der Waals surface area contributed by atoms with Gasteiger partial charge in [-0.1, -0.05) is 60.7 Å². The van der Waals surface area contributed by atoms with E-state index < -0.39 is 6.09 Å². The average molecular weight is 455 g/mol. The van der Waals surface area contributed by atoms with E-state index >= 15 is 0 Å². The number of rotatable bonds is 7. The van der Waals surface area contributed by atoms with Crippen LogP contribution < -0.4 is 10.1 Å². The molecule has 0 atom stereocenters. The Hall–Kier alpha value is -4.12. The van der Waals surface area contributed by atoms with Crippen LogP contribution in [0.2, 0.25) is 0 Å². The van der Waals surface area contributed by atoms with Crippen LogP contribution in [0.4, 0.5) is 4.79 Å². The number of amides is 2. The van der Waals surface area contributed by atoms with Crippen molar-refractivity contribution in [2.75, 3.05) is 14.1 Å². The predicted octanol–water partition coefficient (Wildman–Crippen LogP) is 6.32. The molecule has 1 N–H and O–H groups in total. The van der Waals surface area contributed by atoms with Crippen LogP contribution in [-0.4, -0.2) is 31.0 Å². The number of ether oxygens (including phenoxy) is 1. The number of benzene rings is 3. The molecule has 0 aliphatic carbocycles.